The Morgan fingerprint density at radius 3 is 2.36 bits per heavy atom. The van der Waals surface area contributed by atoms with Crippen molar-refractivity contribution in [1.82, 2.24) is 4.98 Å². The van der Waals surface area contributed by atoms with Gasteiger partial charge in [0.05, 0.1) is 16.8 Å². The molecule has 0 saturated carbocycles. The third-order valence-corrected chi connectivity index (χ3v) is 5.03. The lowest BCUT2D eigenvalue weighted by Crippen LogP contribution is -2.13. The molecule has 1 aromatic heterocycles. The van der Waals surface area contributed by atoms with E-state index < -0.39 is 0 Å². The maximum atomic E-state index is 11.9. The SMILES string of the molecule is CCc1ccc(N(c2ccccc2)c2c(C=O)cnc3ccc(Cl)cc23)cc1. The molecular formula is C24H19ClN2O. The molecule has 4 heteroatoms. The Morgan fingerprint density at radius 1 is 0.964 bits per heavy atom. The number of anilines is 3. The average Bonchev–Trinajstić information content (AvgIpc) is 2.75. The fourth-order valence-corrected chi connectivity index (χ4v) is 3.54. The number of aryl methyl sites for hydroxylation is 1. The summed E-state index contributed by atoms with van der Waals surface area (Å²) in [6.07, 6.45) is 3.44. The van der Waals surface area contributed by atoms with Crippen molar-refractivity contribution in [2.75, 3.05) is 4.90 Å². The summed E-state index contributed by atoms with van der Waals surface area (Å²) in [4.78, 5) is 18.4. The Labute approximate surface area is 169 Å². The molecule has 1 heterocycles. The molecule has 0 saturated heterocycles. The fraction of sp³-hybridized carbons (Fsp3) is 0.0833. The zero-order valence-corrected chi connectivity index (χ0v) is 16.2. The molecule has 0 amide bonds. The van der Waals surface area contributed by atoms with Crippen LogP contribution in [0.1, 0.15) is 22.8 Å². The number of carbonyl (C=O) groups is 1. The Morgan fingerprint density at radius 2 is 1.68 bits per heavy atom. The van der Waals surface area contributed by atoms with Crippen molar-refractivity contribution in [3.63, 3.8) is 0 Å². The molecular weight excluding hydrogens is 368 g/mol. The molecule has 0 radical (unpaired) electrons. The number of nitrogens with zero attached hydrogens (tertiary/aromatic N) is 2. The number of aromatic nitrogens is 1. The highest BCUT2D eigenvalue weighted by atomic mass is 35.5. The Bertz CT molecular complexity index is 1120. The molecule has 4 aromatic rings. The largest absolute Gasteiger partial charge is 0.309 e. The van der Waals surface area contributed by atoms with Gasteiger partial charge in [0.15, 0.2) is 6.29 Å². The first-order valence-electron chi connectivity index (χ1n) is 9.19. The molecule has 0 bridgehead atoms. The van der Waals surface area contributed by atoms with Crippen molar-refractivity contribution < 1.29 is 4.79 Å². The smallest absolute Gasteiger partial charge is 0.153 e. The van der Waals surface area contributed by atoms with Gasteiger partial charge in [0.2, 0.25) is 0 Å². The summed E-state index contributed by atoms with van der Waals surface area (Å²) in [5.74, 6) is 0. The van der Waals surface area contributed by atoms with Crippen molar-refractivity contribution in [3.8, 4) is 0 Å². The molecule has 3 nitrogen and oxygen atoms in total. The Balaban J connectivity index is 2.04. The van der Waals surface area contributed by atoms with Gasteiger partial charge in [-0.15, -0.1) is 0 Å². The molecule has 138 valence electrons. The van der Waals surface area contributed by atoms with Crippen molar-refractivity contribution >= 4 is 45.9 Å². The number of hydrogen-bond acceptors (Lipinski definition) is 3. The van der Waals surface area contributed by atoms with E-state index in [1.807, 2.05) is 48.5 Å². The lowest BCUT2D eigenvalue weighted by Gasteiger charge is -2.28. The minimum absolute atomic E-state index is 0.512. The normalized spacial score (nSPS) is 10.8. The van der Waals surface area contributed by atoms with Gasteiger partial charge in [-0.25, -0.2) is 0 Å². The van der Waals surface area contributed by atoms with Crippen LogP contribution in [0.5, 0.6) is 0 Å². The zero-order chi connectivity index (χ0) is 19.5. The second-order valence-corrected chi connectivity index (χ2v) is 6.97. The fourth-order valence-electron chi connectivity index (χ4n) is 3.37. The van der Waals surface area contributed by atoms with E-state index in [2.05, 4.69) is 41.1 Å². The van der Waals surface area contributed by atoms with Crippen LogP contribution in [-0.4, -0.2) is 11.3 Å². The van der Waals surface area contributed by atoms with Gasteiger partial charge < -0.3 is 4.90 Å². The minimum atomic E-state index is 0.512. The van der Waals surface area contributed by atoms with Crippen LogP contribution in [0, 0.1) is 0 Å². The van der Waals surface area contributed by atoms with Crippen LogP contribution in [0.4, 0.5) is 17.1 Å². The average molecular weight is 387 g/mol. The Kier molecular flexibility index (Phi) is 5.09. The number of rotatable bonds is 5. The number of halogens is 1. The highest BCUT2D eigenvalue weighted by Crippen LogP contribution is 2.40. The number of benzene rings is 3. The van der Waals surface area contributed by atoms with Crippen molar-refractivity contribution in [3.05, 3.63) is 95.1 Å². The van der Waals surface area contributed by atoms with Gasteiger partial charge in [-0.05, 0) is 54.4 Å². The van der Waals surface area contributed by atoms with E-state index in [1.54, 1.807) is 6.20 Å². The van der Waals surface area contributed by atoms with Crippen LogP contribution in [0.15, 0.2) is 79.0 Å². The van der Waals surface area contributed by atoms with Gasteiger partial charge in [0, 0.05) is 28.0 Å². The molecule has 0 aliphatic rings. The van der Waals surface area contributed by atoms with Crippen LogP contribution in [-0.2, 0) is 6.42 Å². The van der Waals surface area contributed by atoms with Crippen LogP contribution >= 0.6 is 11.6 Å². The lowest BCUT2D eigenvalue weighted by molar-refractivity contribution is 0.112. The van der Waals surface area contributed by atoms with Crippen LogP contribution in [0.25, 0.3) is 10.9 Å². The summed E-state index contributed by atoms with van der Waals surface area (Å²) < 4.78 is 0. The minimum Gasteiger partial charge on any atom is -0.309 e. The summed E-state index contributed by atoms with van der Waals surface area (Å²) >= 11 is 6.29. The van der Waals surface area contributed by atoms with E-state index in [0.29, 0.717) is 10.6 Å². The standard InChI is InChI=1S/C24H19ClN2O/c1-2-17-8-11-21(12-9-17)27(20-6-4-3-5-7-20)24-18(16-28)15-26-23-13-10-19(25)14-22(23)24/h3-16H,2H2,1H3. The maximum Gasteiger partial charge on any atom is 0.153 e. The lowest BCUT2D eigenvalue weighted by atomic mass is 10.1. The molecule has 0 spiro atoms. The van der Waals surface area contributed by atoms with E-state index in [1.165, 1.54) is 5.56 Å². The van der Waals surface area contributed by atoms with Crippen molar-refractivity contribution in [2.24, 2.45) is 0 Å². The molecule has 0 aliphatic heterocycles. The monoisotopic (exact) mass is 386 g/mol. The molecule has 3 aromatic carbocycles. The molecule has 0 N–H and O–H groups in total. The first-order chi connectivity index (χ1) is 13.7. The molecule has 0 fully saturated rings. The number of pyridine rings is 1. The van der Waals surface area contributed by atoms with E-state index in [4.69, 9.17) is 11.6 Å². The quantitative estimate of drug-likeness (QED) is 0.356. The number of carbonyl (C=O) groups excluding carboxylic acids is 1. The first-order valence-corrected chi connectivity index (χ1v) is 9.56. The van der Waals surface area contributed by atoms with Crippen molar-refractivity contribution in [1.29, 1.82) is 0 Å². The van der Waals surface area contributed by atoms with Gasteiger partial charge in [-0.3, -0.25) is 9.78 Å². The summed E-state index contributed by atoms with van der Waals surface area (Å²) in [6, 6.07) is 23.9. The van der Waals surface area contributed by atoms with Crippen molar-refractivity contribution in [2.45, 2.75) is 13.3 Å². The second kappa shape index (κ2) is 7.83. The van der Waals surface area contributed by atoms with Gasteiger partial charge >= 0.3 is 0 Å². The number of hydrogen-bond donors (Lipinski definition) is 0. The van der Waals surface area contributed by atoms with E-state index in [-0.39, 0.29) is 0 Å². The third-order valence-electron chi connectivity index (χ3n) is 4.80. The van der Waals surface area contributed by atoms with Gasteiger partial charge in [-0.2, -0.15) is 0 Å². The predicted molar refractivity (Wildman–Crippen MR) is 116 cm³/mol. The summed E-state index contributed by atoms with van der Waals surface area (Å²) in [7, 11) is 0. The highest BCUT2D eigenvalue weighted by Gasteiger charge is 2.19. The molecule has 28 heavy (non-hydrogen) atoms. The third kappa shape index (κ3) is 3.37. The maximum absolute atomic E-state index is 11.9. The summed E-state index contributed by atoms with van der Waals surface area (Å²) in [5.41, 5.74) is 5.27. The van der Waals surface area contributed by atoms with Crippen LogP contribution < -0.4 is 4.90 Å². The molecule has 0 aliphatic carbocycles. The predicted octanol–water partition coefficient (Wildman–Crippen LogP) is 6.73. The van der Waals surface area contributed by atoms with Gasteiger partial charge in [0.1, 0.15) is 0 Å². The van der Waals surface area contributed by atoms with E-state index in [0.717, 1.165) is 40.7 Å². The Hall–Kier alpha value is -3.17. The molecule has 0 atom stereocenters. The van der Waals surface area contributed by atoms with E-state index >= 15 is 0 Å². The summed E-state index contributed by atoms with van der Waals surface area (Å²) in [5, 5.41) is 1.44. The second-order valence-electron chi connectivity index (χ2n) is 6.53. The number of aldehydes is 1. The molecule has 4 rings (SSSR count). The van der Waals surface area contributed by atoms with Crippen LogP contribution in [0.3, 0.4) is 0 Å². The van der Waals surface area contributed by atoms with Crippen LogP contribution in [0.2, 0.25) is 5.02 Å². The number of fused-ring (bicyclic) bond motifs is 1. The zero-order valence-electron chi connectivity index (χ0n) is 15.5. The number of para-hydroxylation sites is 1. The first kappa shape index (κ1) is 18.2. The van der Waals surface area contributed by atoms with Gasteiger partial charge in [0.25, 0.3) is 0 Å². The topological polar surface area (TPSA) is 33.2 Å². The molecule has 0 unspecified atom stereocenters. The highest BCUT2D eigenvalue weighted by molar-refractivity contribution is 6.31. The van der Waals surface area contributed by atoms with Gasteiger partial charge in [-0.1, -0.05) is 48.9 Å². The summed E-state index contributed by atoms with van der Waals surface area (Å²) in [6.45, 7) is 2.13. The van der Waals surface area contributed by atoms with E-state index in [9.17, 15) is 4.79 Å².